The van der Waals surface area contributed by atoms with Gasteiger partial charge in [0.05, 0.1) is 5.54 Å². The minimum atomic E-state index is -0.0718. The van der Waals surface area contributed by atoms with E-state index in [1.807, 2.05) is 0 Å². The van der Waals surface area contributed by atoms with E-state index in [0.717, 1.165) is 34.0 Å². The molecule has 8 aromatic rings. The summed E-state index contributed by atoms with van der Waals surface area (Å²) in [6.07, 6.45) is 4.86. The van der Waals surface area contributed by atoms with Crippen LogP contribution in [-0.4, -0.2) is 12.3 Å². The van der Waals surface area contributed by atoms with Crippen molar-refractivity contribution in [3.05, 3.63) is 161 Å². The third kappa shape index (κ3) is 5.77. The molecule has 4 heterocycles. The predicted octanol–water partition coefficient (Wildman–Crippen LogP) is 14.9. The molecule has 0 amide bonds. The molecule has 5 heteroatoms. The van der Waals surface area contributed by atoms with E-state index in [4.69, 9.17) is 4.42 Å². The summed E-state index contributed by atoms with van der Waals surface area (Å²) in [5, 5.41) is 2.29. The van der Waals surface area contributed by atoms with Gasteiger partial charge in [-0.25, -0.2) is 0 Å². The zero-order valence-corrected chi connectivity index (χ0v) is 40.8. The molecule has 2 unspecified atom stereocenters. The van der Waals surface area contributed by atoms with Gasteiger partial charge >= 0.3 is 0 Å². The number of rotatable bonds is 3. The van der Waals surface area contributed by atoms with E-state index in [1.54, 1.807) is 0 Å². The van der Waals surface area contributed by atoms with Crippen molar-refractivity contribution < 1.29 is 4.42 Å². The molecule has 0 N–H and O–H groups in total. The zero-order chi connectivity index (χ0) is 45.8. The van der Waals surface area contributed by atoms with Crippen molar-refractivity contribution in [3.8, 4) is 0 Å². The Labute approximate surface area is 392 Å². The number of anilines is 8. The summed E-state index contributed by atoms with van der Waals surface area (Å²) < 4.78 is 6.67. The number of fused-ring (bicyclic) bond motifs is 10. The summed E-state index contributed by atoms with van der Waals surface area (Å²) in [4.78, 5) is 7.93. The Hall–Kier alpha value is -6.20. The zero-order valence-electron chi connectivity index (χ0n) is 40.8. The standard InChI is InChI=1S/C61H62BN3O/c1-37-29-39(3)56-51(30-37)65(61(11)28-15-14-27-60(56,61)10)44-23-26-48-50(35-44)64(43-22-24-46-45-19-12-13-20-54(45)66-55(46)36-43)53-32-38(2)31-52-57(53)62(48)47-25-21-41(59(7,8)9)34-49(47)63(52)42-18-16-17-40(33-42)58(4,5)6/h12-13,16-26,29-36H,14-15,27-28H2,1-11H3. The van der Waals surface area contributed by atoms with E-state index in [9.17, 15) is 0 Å². The first-order chi connectivity index (χ1) is 31.4. The van der Waals surface area contributed by atoms with Crippen LogP contribution in [0.25, 0.3) is 21.9 Å². The molecule has 4 nitrogen and oxygen atoms in total. The fourth-order valence-electron chi connectivity index (χ4n) is 13.0. The smallest absolute Gasteiger partial charge is 0.252 e. The van der Waals surface area contributed by atoms with Crippen molar-refractivity contribution in [1.82, 2.24) is 0 Å². The average molecular weight is 864 g/mol. The van der Waals surface area contributed by atoms with Crippen LogP contribution in [0.5, 0.6) is 0 Å². The maximum atomic E-state index is 6.67. The van der Waals surface area contributed by atoms with Gasteiger partial charge in [0.1, 0.15) is 11.2 Å². The Balaban J connectivity index is 1.16. The molecule has 1 aromatic heterocycles. The quantitative estimate of drug-likeness (QED) is 0.165. The predicted molar refractivity (Wildman–Crippen MR) is 282 cm³/mol. The SMILES string of the molecule is Cc1cc2c3c(c1)N(c1cccc(C(C)(C)C)c1)c1cc(C(C)(C)C)ccc1B3c1ccc(N3c4cc(C)cc(C)c4C4(C)CCCCC34C)cc1N2c1ccc2c(c1)oc1ccccc12. The molecule has 3 aliphatic heterocycles. The molecule has 2 atom stereocenters. The summed E-state index contributed by atoms with van der Waals surface area (Å²) >= 11 is 0. The minimum absolute atomic E-state index is 0.00141. The molecular formula is C61H62BN3O. The molecule has 0 saturated heterocycles. The topological polar surface area (TPSA) is 22.9 Å². The monoisotopic (exact) mass is 863 g/mol. The van der Waals surface area contributed by atoms with Gasteiger partial charge in [0.25, 0.3) is 6.71 Å². The molecule has 1 saturated carbocycles. The molecule has 0 bridgehead atoms. The Bertz CT molecular complexity index is 3350. The third-order valence-electron chi connectivity index (χ3n) is 16.4. The number of furan rings is 1. The molecular weight excluding hydrogens is 802 g/mol. The van der Waals surface area contributed by atoms with E-state index in [2.05, 4.69) is 218 Å². The fraction of sp³-hybridized carbons (Fsp3) is 0.311. The van der Waals surface area contributed by atoms with Crippen LogP contribution in [0.3, 0.4) is 0 Å². The van der Waals surface area contributed by atoms with Gasteiger partial charge in [-0.15, -0.1) is 0 Å². The highest BCUT2D eigenvalue weighted by atomic mass is 16.3. The van der Waals surface area contributed by atoms with Crippen LogP contribution in [0.4, 0.5) is 45.5 Å². The molecule has 1 fully saturated rings. The first-order valence-electron chi connectivity index (χ1n) is 24.4. The van der Waals surface area contributed by atoms with E-state index in [0.29, 0.717) is 0 Å². The summed E-state index contributed by atoms with van der Waals surface area (Å²) in [6, 6.07) is 49.2. The first-order valence-corrected chi connectivity index (χ1v) is 24.4. The Kier molecular flexibility index (Phi) is 8.70. The van der Waals surface area contributed by atoms with Crippen molar-refractivity contribution in [2.45, 2.75) is 124 Å². The molecule has 66 heavy (non-hydrogen) atoms. The minimum Gasteiger partial charge on any atom is -0.456 e. The molecule has 7 aromatic carbocycles. The van der Waals surface area contributed by atoms with E-state index >= 15 is 0 Å². The maximum absolute atomic E-state index is 6.67. The van der Waals surface area contributed by atoms with Gasteiger partial charge in [-0.1, -0.05) is 116 Å². The van der Waals surface area contributed by atoms with Crippen LogP contribution in [0, 0.1) is 20.8 Å². The highest BCUT2D eigenvalue weighted by Gasteiger charge is 2.58. The lowest BCUT2D eigenvalue weighted by molar-refractivity contribution is 0.194. The molecule has 1 aliphatic carbocycles. The second-order valence-electron chi connectivity index (χ2n) is 22.8. The molecule has 330 valence electrons. The van der Waals surface area contributed by atoms with Crippen LogP contribution in [0.1, 0.15) is 114 Å². The summed E-state index contributed by atoms with van der Waals surface area (Å²) in [7, 11) is 0. The summed E-state index contributed by atoms with van der Waals surface area (Å²) in [5.74, 6) is 0. The molecule has 12 rings (SSSR count). The van der Waals surface area contributed by atoms with Gasteiger partial charge in [0.15, 0.2) is 0 Å². The summed E-state index contributed by atoms with van der Waals surface area (Å²) in [5.41, 5.74) is 23.8. The number of benzene rings is 7. The number of aryl methyl sites for hydroxylation is 3. The van der Waals surface area contributed by atoms with E-state index in [-0.39, 0.29) is 28.5 Å². The van der Waals surface area contributed by atoms with Gasteiger partial charge in [-0.2, -0.15) is 0 Å². The average Bonchev–Trinajstić information content (AvgIpc) is 3.74. The van der Waals surface area contributed by atoms with Gasteiger partial charge in [-0.3, -0.25) is 0 Å². The number of para-hydroxylation sites is 1. The van der Waals surface area contributed by atoms with Crippen LogP contribution in [-0.2, 0) is 16.2 Å². The van der Waals surface area contributed by atoms with Gasteiger partial charge in [0, 0.05) is 67.8 Å². The van der Waals surface area contributed by atoms with Crippen LogP contribution >= 0.6 is 0 Å². The lowest BCUT2D eigenvalue weighted by Crippen LogP contribution is -2.61. The van der Waals surface area contributed by atoms with Crippen molar-refractivity contribution in [1.29, 1.82) is 0 Å². The molecule has 0 radical (unpaired) electrons. The second-order valence-corrected chi connectivity index (χ2v) is 22.8. The first kappa shape index (κ1) is 41.3. The van der Waals surface area contributed by atoms with Crippen LogP contribution in [0.15, 0.2) is 132 Å². The van der Waals surface area contributed by atoms with Gasteiger partial charge in [-0.05, 0) is 168 Å². The number of hydrogen-bond donors (Lipinski definition) is 0. The second kappa shape index (κ2) is 13.9. The van der Waals surface area contributed by atoms with Crippen molar-refractivity contribution in [3.63, 3.8) is 0 Å². The van der Waals surface area contributed by atoms with Crippen molar-refractivity contribution >= 4 is 90.5 Å². The Morgan fingerprint density at radius 2 is 1.12 bits per heavy atom. The Morgan fingerprint density at radius 1 is 0.515 bits per heavy atom. The highest BCUT2D eigenvalue weighted by Crippen LogP contribution is 2.62. The van der Waals surface area contributed by atoms with Crippen LogP contribution in [0.2, 0.25) is 0 Å². The largest absolute Gasteiger partial charge is 0.456 e. The van der Waals surface area contributed by atoms with Crippen molar-refractivity contribution in [2.75, 3.05) is 14.7 Å². The number of hydrogen-bond acceptors (Lipinski definition) is 4. The van der Waals surface area contributed by atoms with Gasteiger partial charge < -0.3 is 19.1 Å². The van der Waals surface area contributed by atoms with Crippen molar-refractivity contribution in [2.24, 2.45) is 0 Å². The van der Waals surface area contributed by atoms with Gasteiger partial charge in [0.2, 0.25) is 0 Å². The highest BCUT2D eigenvalue weighted by molar-refractivity contribution is 7.00. The van der Waals surface area contributed by atoms with Crippen LogP contribution < -0.4 is 31.1 Å². The van der Waals surface area contributed by atoms with E-state index in [1.165, 1.54) is 109 Å². The van der Waals surface area contributed by atoms with E-state index < -0.39 is 0 Å². The fourth-order valence-corrected chi connectivity index (χ4v) is 13.0. The molecule has 4 aliphatic rings. The molecule has 0 spiro atoms. The Morgan fingerprint density at radius 3 is 1.86 bits per heavy atom. The lowest BCUT2D eigenvalue weighted by atomic mass is 9.33. The lowest BCUT2D eigenvalue weighted by Gasteiger charge is -2.51. The summed E-state index contributed by atoms with van der Waals surface area (Å²) in [6.45, 7) is 26.0. The third-order valence-corrected chi connectivity index (χ3v) is 16.4. The normalized spacial score (nSPS) is 19.8. The number of nitrogens with zero attached hydrogens (tertiary/aromatic N) is 3. The maximum Gasteiger partial charge on any atom is 0.252 e.